The monoisotopic (exact) mass is 542 g/mol. The highest BCUT2D eigenvalue weighted by Crippen LogP contribution is 2.43. The number of hydrogen-bond acceptors (Lipinski definition) is 5. The van der Waals surface area contributed by atoms with Crippen LogP contribution in [0.15, 0.2) is 48.5 Å². The molecule has 4 rings (SSSR count). The molecule has 2 fully saturated rings. The van der Waals surface area contributed by atoms with E-state index >= 15 is 0 Å². The van der Waals surface area contributed by atoms with Gasteiger partial charge in [-0.2, -0.15) is 13.2 Å². The van der Waals surface area contributed by atoms with E-state index in [0.29, 0.717) is 12.8 Å². The van der Waals surface area contributed by atoms with Crippen LogP contribution in [-0.4, -0.2) is 41.1 Å². The van der Waals surface area contributed by atoms with Crippen molar-refractivity contribution in [3.8, 4) is 0 Å². The van der Waals surface area contributed by atoms with Crippen LogP contribution in [0.25, 0.3) is 0 Å². The summed E-state index contributed by atoms with van der Waals surface area (Å²) in [7, 11) is 0. The SMILES string of the molecule is O=C(COC(=O)c1ccc(N2C(=O)[C@@H]3C[C@H](Cl)[C@@H](Cl)C[C@H]3C2=O)cc1)Nc1ccccc1C(F)(F)F. The first-order chi connectivity index (χ1) is 17.0. The van der Waals surface area contributed by atoms with Crippen molar-refractivity contribution in [1.29, 1.82) is 0 Å². The third-order valence-corrected chi connectivity index (χ3v) is 7.21. The summed E-state index contributed by atoms with van der Waals surface area (Å²) in [6.45, 7) is -0.821. The van der Waals surface area contributed by atoms with Crippen molar-refractivity contribution in [2.45, 2.75) is 29.8 Å². The topological polar surface area (TPSA) is 92.8 Å². The molecule has 0 unspecified atom stereocenters. The van der Waals surface area contributed by atoms with E-state index in [1.807, 2.05) is 0 Å². The van der Waals surface area contributed by atoms with Crippen LogP contribution in [0.2, 0.25) is 0 Å². The number of benzene rings is 2. The van der Waals surface area contributed by atoms with Crippen molar-refractivity contribution >= 4 is 58.3 Å². The highest BCUT2D eigenvalue weighted by atomic mass is 35.5. The number of rotatable bonds is 5. The minimum atomic E-state index is -4.67. The summed E-state index contributed by atoms with van der Waals surface area (Å²) in [5, 5.41) is 1.24. The quantitative estimate of drug-likeness (QED) is 0.338. The standard InChI is InChI=1S/C24H19Cl2F3N2O5/c25-17-9-14-15(10-18(17)26)22(34)31(21(14)33)13-7-5-12(6-8-13)23(35)36-11-20(32)30-19-4-2-1-3-16(19)24(27,28)29/h1-8,14-15,17-18H,9-11H2,(H,30,32)/t14-,15-,17+,18+/m1/s1. The van der Waals surface area contributed by atoms with E-state index in [9.17, 15) is 32.3 Å². The van der Waals surface area contributed by atoms with Crippen LogP contribution >= 0.6 is 23.2 Å². The number of carbonyl (C=O) groups excluding carboxylic acids is 4. The second-order valence-electron chi connectivity index (χ2n) is 8.44. The van der Waals surface area contributed by atoms with Gasteiger partial charge in [0.1, 0.15) is 0 Å². The molecule has 1 aliphatic heterocycles. The van der Waals surface area contributed by atoms with Crippen LogP contribution in [-0.2, 0) is 25.3 Å². The first-order valence-electron chi connectivity index (χ1n) is 10.9. The zero-order chi connectivity index (χ0) is 26.2. The predicted octanol–water partition coefficient (Wildman–Crippen LogP) is 4.62. The molecule has 0 radical (unpaired) electrons. The third-order valence-electron chi connectivity index (χ3n) is 6.11. The molecule has 2 aromatic rings. The summed E-state index contributed by atoms with van der Waals surface area (Å²) in [4.78, 5) is 51.1. The highest BCUT2D eigenvalue weighted by Gasteiger charge is 2.52. The number of amides is 3. The Morgan fingerprint density at radius 1 is 0.944 bits per heavy atom. The Labute approximate surface area is 213 Å². The molecule has 7 nitrogen and oxygen atoms in total. The molecule has 190 valence electrons. The van der Waals surface area contributed by atoms with Gasteiger partial charge in [-0.15, -0.1) is 23.2 Å². The van der Waals surface area contributed by atoms with E-state index in [1.54, 1.807) is 0 Å². The van der Waals surface area contributed by atoms with Gasteiger partial charge in [0.2, 0.25) is 11.8 Å². The summed E-state index contributed by atoms with van der Waals surface area (Å²) >= 11 is 12.4. The second kappa shape index (κ2) is 10.1. The minimum Gasteiger partial charge on any atom is -0.452 e. The summed E-state index contributed by atoms with van der Waals surface area (Å²) in [6.07, 6.45) is -4.09. The normalized spacial score (nSPS) is 23.9. The Bertz CT molecular complexity index is 1180. The van der Waals surface area contributed by atoms with E-state index in [-0.39, 0.29) is 23.1 Å². The Morgan fingerprint density at radius 2 is 1.50 bits per heavy atom. The van der Waals surface area contributed by atoms with Gasteiger partial charge in [-0.05, 0) is 49.2 Å². The van der Waals surface area contributed by atoms with Crippen molar-refractivity contribution in [1.82, 2.24) is 0 Å². The summed E-state index contributed by atoms with van der Waals surface area (Å²) in [5.74, 6) is -3.75. The highest BCUT2D eigenvalue weighted by molar-refractivity contribution is 6.31. The molecule has 3 amide bonds. The molecule has 1 aliphatic carbocycles. The largest absolute Gasteiger partial charge is 0.452 e. The fourth-order valence-corrected chi connectivity index (χ4v) is 4.93. The lowest BCUT2D eigenvalue weighted by Gasteiger charge is -2.28. The van der Waals surface area contributed by atoms with Crippen LogP contribution < -0.4 is 10.2 Å². The van der Waals surface area contributed by atoms with Crippen LogP contribution in [0.3, 0.4) is 0 Å². The van der Waals surface area contributed by atoms with Crippen molar-refractivity contribution in [3.05, 3.63) is 59.7 Å². The molecule has 1 saturated heterocycles. The summed E-state index contributed by atoms with van der Waals surface area (Å²) in [5.41, 5.74) is -1.22. The van der Waals surface area contributed by atoms with Crippen molar-refractivity contribution in [3.63, 3.8) is 0 Å². The van der Waals surface area contributed by atoms with Gasteiger partial charge in [0.25, 0.3) is 5.91 Å². The van der Waals surface area contributed by atoms with Gasteiger partial charge in [-0.1, -0.05) is 12.1 Å². The van der Waals surface area contributed by atoms with Crippen LogP contribution in [0.1, 0.15) is 28.8 Å². The Balaban J connectivity index is 1.37. The molecule has 36 heavy (non-hydrogen) atoms. The lowest BCUT2D eigenvalue weighted by molar-refractivity contribution is -0.137. The number of alkyl halides is 5. The number of esters is 1. The van der Waals surface area contributed by atoms with Crippen molar-refractivity contribution < 1.29 is 37.1 Å². The number of anilines is 2. The third kappa shape index (κ3) is 5.19. The molecule has 1 heterocycles. The number of para-hydroxylation sites is 1. The maximum atomic E-state index is 13.1. The Kier molecular flexibility index (Phi) is 7.28. The second-order valence-corrected chi connectivity index (χ2v) is 9.56. The zero-order valence-electron chi connectivity index (χ0n) is 18.4. The molecule has 1 saturated carbocycles. The number of halogens is 5. The number of nitrogens with one attached hydrogen (secondary N) is 1. The maximum Gasteiger partial charge on any atom is 0.418 e. The maximum absolute atomic E-state index is 13.1. The molecular formula is C24H19Cl2F3N2O5. The van der Waals surface area contributed by atoms with Gasteiger partial charge >= 0.3 is 12.1 Å². The number of ether oxygens (including phenoxy) is 1. The van der Waals surface area contributed by atoms with E-state index in [1.165, 1.54) is 36.4 Å². The molecule has 2 aromatic carbocycles. The zero-order valence-corrected chi connectivity index (χ0v) is 19.9. The fraction of sp³-hybridized carbons (Fsp3) is 0.333. The molecule has 4 atom stereocenters. The van der Waals surface area contributed by atoms with Crippen molar-refractivity contribution in [2.75, 3.05) is 16.8 Å². The molecule has 12 heteroatoms. The van der Waals surface area contributed by atoms with Gasteiger partial charge in [0, 0.05) is 0 Å². The molecular weight excluding hydrogens is 524 g/mol. The smallest absolute Gasteiger partial charge is 0.418 e. The number of hydrogen-bond donors (Lipinski definition) is 1. The summed E-state index contributed by atoms with van der Waals surface area (Å²) < 4.78 is 44.0. The van der Waals surface area contributed by atoms with E-state index in [4.69, 9.17) is 27.9 Å². The van der Waals surface area contributed by atoms with Gasteiger partial charge in [0.05, 0.1) is 45.1 Å². The average Bonchev–Trinajstić information content (AvgIpc) is 3.06. The number of fused-ring (bicyclic) bond motifs is 1. The van der Waals surface area contributed by atoms with Gasteiger partial charge in [0.15, 0.2) is 6.61 Å². The molecule has 0 bridgehead atoms. The van der Waals surface area contributed by atoms with Gasteiger partial charge < -0.3 is 10.1 Å². The first kappa shape index (κ1) is 26.0. The van der Waals surface area contributed by atoms with Gasteiger partial charge in [-0.3, -0.25) is 19.3 Å². The predicted molar refractivity (Wildman–Crippen MR) is 125 cm³/mol. The van der Waals surface area contributed by atoms with Crippen LogP contribution in [0, 0.1) is 11.8 Å². The molecule has 0 aromatic heterocycles. The number of nitrogens with zero attached hydrogens (tertiary/aromatic N) is 1. The van der Waals surface area contributed by atoms with Gasteiger partial charge in [-0.25, -0.2) is 4.79 Å². The average molecular weight is 543 g/mol. The Hall–Kier alpha value is -3.11. The number of carbonyl (C=O) groups is 4. The lowest BCUT2D eigenvalue weighted by Crippen LogP contribution is -2.34. The molecule has 0 spiro atoms. The van der Waals surface area contributed by atoms with Crippen LogP contribution in [0.4, 0.5) is 24.5 Å². The van der Waals surface area contributed by atoms with E-state index in [0.717, 1.165) is 17.0 Å². The summed E-state index contributed by atoms with van der Waals surface area (Å²) in [6, 6.07) is 9.81. The molecule has 1 N–H and O–H groups in total. The van der Waals surface area contributed by atoms with Crippen LogP contribution in [0.5, 0.6) is 0 Å². The van der Waals surface area contributed by atoms with E-state index in [2.05, 4.69) is 5.32 Å². The number of imide groups is 1. The van der Waals surface area contributed by atoms with Crippen molar-refractivity contribution in [2.24, 2.45) is 11.8 Å². The lowest BCUT2D eigenvalue weighted by atomic mass is 9.80. The minimum absolute atomic E-state index is 0.0143. The van der Waals surface area contributed by atoms with E-state index < -0.39 is 58.5 Å². The molecule has 2 aliphatic rings. The Morgan fingerprint density at radius 3 is 2.06 bits per heavy atom. The fourth-order valence-electron chi connectivity index (χ4n) is 4.34. The first-order valence-corrected chi connectivity index (χ1v) is 11.7.